The van der Waals surface area contributed by atoms with Crippen LogP contribution in [0.1, 0.15) is 41.0 Å². The van der Waals surface area contributed by atoms with Gasteiger partial charge in [-0.1, -0.05) is 6.92 Å². The lowest BCUT2D eigenvalue weighted by atomic mass is 10.1. The molecule has 20 heavy (non-hydrogen) atoms. The number of carbonyl (C=O) groups is 2. The first-order valence-corrected chi connectivity index (χ1v) is 8.16. The van der Waals surface area contributed by atoms with Gasteiger partial charge in [0.15, 0.2) is 0 Å². The van der Waals surface area contributed by atoms with E-state index in [-0.39, 0.29) is 18.0 Å². The van der Waals surface area contributed by atoms with E-state index in [1.54, 1.807) is 25.6 Å². The van der Waals surface area contributed by atoms with Crippen LogP contribution in [-0.4, -0.2) is 52.6 Å². The third kappa shape index (κ3) is 4.98. The van der Waals surface area contributed by atoms with E-state index in [1.165, 1.54) is 4.90 Å². The van der Waals surface area contributed by atoms with Crippen LogP contribution in [0.3, 0.4) is 0 Å². The molecule has 0 bridgehead atoms. The maximum atomic E-state index is 12.0. The third-order valence-electron chi connectivity index (χ3n) is 3.14. The Morgan fingerprint density at radius 3 is 2.45 bits per heavy atom. The van der Waals surface area contributed by atoms with Gasteiger partial charge in [-0.2, -0.15) is 11.8 Å². The van der Waals surface area contributed by atoms with Crippen LogP contribution in [0.15, 0.2) is 0 Å². The number of urea groups is 1. The molecule has 1 heterocycles. The van der Waals surface area contributed by atoms with Crippen LogP contribution in [0.2, 0.25) is 0 Å². The van der Waals surface area contributed by atoms with E-state index in [2.05, 4.69) is 12.2 Å². The van der Waals surface area contributed by atoms with Gasteiger partial charge in [0.25, 0.3) is 5.91 Å². The van der Waals surface area contributed by atoms with Gasteiger partial charge < -0.3 is 10.1 Å². The highest BCUT2D eigenvalue weighted by atomic mass is 32.2. The van der Waals surface area contributed by atoms with Gasteiger partial charge in [-0.05, 0) is 34.1 Å². The van der Waals surface area contributed by atoms with Crippen LogP contribution in [-0.2, 0) is 9.53 Å². The van der Waals surface area contributed by atoms with Gasteiger partial charge in [0.2, 0.25) is 0 Å². The first-order chi connectivity index (χ1) is 9.24. The maximum absolute atomic E-state index is 12.0. The highest BCUT2D eigenvalue weighted by Crippen LogP contribution is 2.19. The molecular weight excluding hydrogens is 276 g/mol. The Labute approximate surface area is 125 Å². The highest BCUT2D eigenvalue weighted by molar-refractivity contribution is 7.99. The molecule has 0 aromatic rings. The Balaban J connectivity index is 2.24. The second kappa shape index (κ2) is 7.31. The monoisotopic (exact) mass is 302 g/mol. The standard InChI is InChI=1S/C14H26N2O3S/c1-10(2)19-8-6-11(3)20-9-7-16-12(17)14(4,5)15-13(16)18/h10-11H,6-9H2,1-5H3,(H,15,18). The fourth-order valence-corrected chi connectivity index (χ4v) is 2.87. The van der Waals surface area contributed by atoms with Gasteiger partial charge in [0.1, 0.15) is 5.54 Å². The van der Waals surface area contributed by atoms with E-state index in [1.807, 2.05) is 13.8 Å². The molecule has 1 rings (SSSR count). The van der Waals surface area contributed by atoms with Crippen molar-refractivity contribution in [3.8, 4) is 0 Å². The van der Waals surface area contributed by atoms with Crippen LogP contribution in [0.5, 0.6) is 0 Å². The molecule has 1 saturated heterocycles. The summed E-state index contributed by atoms with van der Waals surface area (Å²) in [5.74, 6) is 0.622. The Kier molecular flexibility index (Phi) is 6.33. The predicted octanol–water partition coefficient (Wildman–Crippen LogP) is 2.25. The molecule has 0 spiro atoms. The summed E-state index contributed by atoms with van der Waals surface area (Å²) < 4.78 is 5.51. The number of amides is 3. The summed E-state index contributed by atoms with van der Waals surface area (Å²) in [6, 6.07) is -0.281. The summed E-state index contributed by atoms with van der Waals surface area (Å²) in [5, 5.41) is 3.15. The molecule has 0 saturated carbocycles. The highest BCUT2D eigenvalue weighted by Gasteiger charge is 2.43. The fraction of sp³-hybridized carbons (Fsp3) is 0.857. The minimum atomic E-state index is -0.765. The zero-order valence-corrected chi connectivity index (χ0v) is 13.9. The minimum Gasteiger partial charge on any atom is -0.379 e. The molecule has 0 radical (unpaired) electrons. The molecule has 1 aliphatic heterocycles. The SMILES string of the molecule is CC(C)OCCC(C)SCCN1C(=O)NC(C)(C)C1=O. The molecule has 6 heteroatoms. The first kappa shape index (κ1) is 17.3. The van der Waals surface area contributed by atoms with Crippen molar-refractivity contribution in [1.82, 2.24) is 10.2 Å². The van der Waals surface area contributed by atoms with Gasteiger partial charge in [0.05, 0.1) is 6.10 Å². The Morgan fingerprint density at radius 1 is 1.30 bits per heavy atom. The van der Waals surface area contributed by atoms with E-state index in [0.717, 1.165) is 18.8 Å². The second-order valence-electron chi connectivity index (χ2n) is 5.90. The largest absolute Gasteiger partial charge is 0.379 e. The first-order valence-electron chi connectivity index (χ1n) is 7.11. The van der Waals surface area contributed by atoms with Gasteiger partial charge in [0, 0.05) is 24.2 Å². The number of nitrogens with zero attached hydrogens (tertiary/aromatic N) is 1. The predicted molar refractivity (Wildman–Crippen MR) is 81.9 cm³/mol. The molecule has 1 atom stereocenters. The van der Waals surface area contributed by atoms with Crippen molar-refractivity contribution >= 4 is 23.7 Å². The van der Waals surface area contributed by atoms with Crippen LogP contribution in [0, 0.1) is 0 Å². The van der Waals surface area contributed by atoms with E-state index in [4.69, 9.17) is 4.74 Å². The van der Waals surface area contributed by atoms with E-state index in [9.17, 15) is 9.59 Å². The maximum Gasteiger partial charge on any atom is 0.325 e. The Morgan fingerprint density at radius 2 is 1.95 bits per heavy atom. The molecule has 0 aromatic carbocycles. The van der Waals surface area contributed by atoms with Crippen molar-refractivity contribution in [3.05, 3.63) is 0 Å². The molecule has 5 nitrogen and oxygen atoms in total. The Bertz CT molecular complexity index is 358. The van der Waals surface area contributed by atoms with Crippen molar-refractivity contribution in [3.63, 3.8) is 0 Å². The molecule has 0 aliphatic carbocycles. The van der Waals surface area contributed by atoms with Gasteiger partial charge in [-0.3, -0.25) is 9.69 Å². The van der Waals surface area contributed by atoms with Crippen molar-refractivity contribution in [2.75, 3.05) is 18.9 Å². The summed E-state index contributed by atoms with van der Waals surface area (Å²) in [6.07, 6.45) is 1.24. The Hall–Kier alpha value is -0.750. The molecule has 1 unspecified atom stereocenters. The summed E-state index contributed by atoms with van der Waals surface area (Å²) in [5.41, 5.74) is -0.765. The van der Waals surface area contributed by atoms with Gasteiger partial charge >= 0.3 is 6.03 Å². The number of thioether (sulfide) groups is 1. The van der Waals surface area contributed by atoms with Crippen LogP contribution in [0.4, 0.5) is 4.79 Å². The summed E-state index contributed by atoms with van der Waals surface area (Å²) in [6.45, 7) is 10.9. The number of ether oxygens (including phenoxy) is 1. The number of hydrogen-bond donors (Lipinski definition) is 1. The minimum absolute atomic E-state index is 0.140. The lowest BCUT2D eigenvalue weighted by Crippen LogP contribution is -2.40. The second-order valence-corrected chi connectivity index (χ2v) is 7.45. The van der Waals surface area contributed by atoms with E-state index < -0.39 is 5.54 Å². The van der Waals surface area contributed by atoms with Crippen LogP contribution in [0.25, 0.3) is 0 Å². The van der Waals surface area contributed by atoms with Crippen molar-refractivity contribution in [1.29, 1.82) is 0 Å². The van der Waals surface area contributed by atoms with Crippen molar-refractivity contribution in [2.24, 2.45) is 0 Å². The number of rotatable bonds is 8. The fourth-order valence-electron chi connectivity index (χ4n) is 1.92. The average Bonchev–Trinajstić information content (AvgIpc) is 2.50. The third-order valence-corrected chi connectivity index (χ3v) is 4.36. The molecule has 116 valence electrons. The molecule has 0 aromatic heterocycles. The summed E-state index contributed by atoms with van der Waals surface area (Å²) in [7, 11) is 0. The van der Waals surface area contributed by atoms with E-state index >= 15 is 0 Å². The van der Waals surface area contributed by atoms with Crippen LogP contribution < -0.4 is 5.32 Å². The lowest BCUT2D eigenvalue weighted by Gasteiger charge is -2.17. The molecule has 1 fully saturated rings. The zero-order chi connectivity index (χ0) is 15.3. The quantitative estimate of drug-likeness (QED) is 0.699. The molecule has 3 amide bonds. The van der Waals surface area contributed by atoms with Gasteiger partial charge in [-0.15, -0.1) is 0 Å². The molecule has 1 N–H and O–H groups in total. The smallest absolute Gasteiger partial charge is 0.325 e. The number of imide groups is 1. The molecular formula is C14H26N2O3S. The van der Waals surface area contributed by atoms with E-state index in [0.29, 0.717) is 11.8 Å². The zero-order valence-electron chi connectivity index (χ0n) is 13.1. The summed E-state index contributed by atoms with van der Waals surface area (Å²) >= 11 is 1.77. The molecule has 1 aliphatic rings. The summed E-state index contributed by atoms with van der Waals surface area (Å²) in [4.78, 5) is 25.0. The number of carbonyl (C=O) groups excluding carboxylic acids is 2. The number of hydrogen-bond acceptors (Lipinski definition) is 4. The van der Waals surface area contributed by atoms with Gasteiger partial charge in [-0.25, -0.2) is 4.79 Å². The normalized spacial score (nSPS) is 19.6. The average molecular weight is 302 g/mol. The van der Waals surface area contributed by atoms with Crippen LogP contribution >= 0.6 is 11.8 Å². The van der Waals surface area contributed by atoms with Crippen molar-refractivity contribution < 1.29 is 14.3 Å². The van der Waals surface area contributed by atoms with Crippen molar-refractivity contribution in [2.45, 2.75) is 57.9 Å². The lowest BCUT2D eigenvalue weighted by molar-refractivity contribution is -0.130. The number of nitrogens with one attached hydrogen (secondary N) is 1. The topological polar surface area (TPSA) is 58.6 Å².